The number of halogens is 1. The monoisotopic (exact) mass is 293 g/mol. The van der Waals surface area contributed by atoms with Crippen molar-refractivity contribution in [1.29, 1.82) is 0 Å². The number of nitrogens with zero attached hydrogens (tertiary/aromatic N) is 1. The van der Waals surface area contributed by atoms with Crippen molar-refractivity contribution in [1.82, 2.24) is 9.97 Å². The van der Waals surface area contributed by atoms with Crippen molar-refractivity contribution in [3.63, 3.8) is 0 Å². The van der Waals surface area contributed by atoms with Crippen molar-refractivity contribution < 1.29 is 4.39 Å². The van der Waals surface area contributed by atoms with Crippen molar-refractivity contribution in [2.24, 2.45) is 0 Å². The van der Waals surface area contributed by atoms with E-state index in [9.17, 15) is 9.18 Å². The lowest BCUT2D eigenvalue weighted by atomic mass is 10.2. The second-order valence-corrected chi connectivity index (χ2v) is 5.56. The van der Waals surface area contributed by atoms with E-state index in [1.54, 1.807) is 13.0 Å². The maximum absolute atomic E-state index is 13.4. The van der Waals surface area contributed by atoms with Crippen LogP contribution in [0, 0.1) is 12.7 Å². The van der Waals surface area contributed by atoms with Gasteiger partial charge in [0.05, 0.1) is 0 Å². The molecule has 20 heavy (non-hydrogen) atoms. The quantitative estimate of drug-likeness (QED) is 0.671. The fourth-order valence-electron chi connectivity index (χ4n) is 1.78. The van der Waals surface area contributed by atoms with Gasteiger partial charge in [0.1, 0.15) is 5.82 Å². The van der Waals surface area contributed by atoms with Crippen LogP contribution in [-0.4, -0.2) is 9.97 Å². The van der Waals surface area contributed by atoms with E-state index in [1.165, 1.54) is 23.9 Å². The Morgan fingerprint density at radius 2 is 2.15 bits per heavy atom. The third kappa shape index (κ3) is 3.39. The van der Waals surface area contributed by atoms with E-state index in [1.807, 2.05) is 6.92 Å². The molecule has 0 unspecified atom stereocenters. The predicted octanol–water partition coefficient (Wildman–Crippen LogP) is 2.90. The highest BCUT2D eigenvalue weighted by atomic mass is 32.2. The van der Waals surface area contributed by atoms with Crippen LogP contribution in [0.15, 0.2) is 33.0 Å². The van der Waals surface area contributed by atoms with Gasteiger partial charge < -0.3 is 10.7 Å². The van der Waals surface area contributed by atoms with Gasteiger partial charge in [0.2, 0.25) is 0 Å². The number of nitrogen functional groups attached to an aromatic ring is 1. The minimum absolute atomic E-state index is 0.191. The summed E-state index contributed by atoms with van der Waals surface area (Å²) in [6, 6.07) is 4.43. The van der Waals surface area contributed by atoms with Gasteiger partial charge in [-0.2, -0.15) is 0 Å². The first kappa shape index (κ1) is 14.6. The molecule has 1 aromatic carbocycles. The van der Waals surface area contributed by atoms with E-state index in [2.05, 4.69) is 9.97 Å². The normalized spacial score (nSPS) is 10.8. The SMILES string of the molecule is CCCc1cc(=O)[nH]c(Sc2cc(C)c(F)cc2N)n1. The van der Waals surface area contributed by atoms with Gasteiger partial charge in [-0.1, -0.05) is 13.3 Å². The Kier molecular flexibility index (Phi) is 4.44. The van der Waals surface area contributed by atoms with Crippen LogP contribution in [0.4, 0.5) is 10.1 Å². The first-order chi connectivity index (χ1) is 9.49. The van der Waals surface area contributed by atoms with Crippen LogP contribution in [-0.2, 0) is 6.42 Å². The largest absolute Gasteiger partial charge is 0.398 e. The number of hydrogen-bond acceptors (Lipinski definition) is 4. The molecule has 1 heterocycles. The lowest BCUT2D eigenvalue weighted by Gasteiger charge is -2.07. The molecule has 3 N–H and O–H groups in total. The van der Waals surface area contributed by atoms with Gasteiger partial charge in [0.25, 0.3) is 5.56 Å². The van der Waals surface area contributed by atoms with E-state index in [0.717, 1.165) is 18.5 Å². The summed E-state index contributed by atoms with van der Waals surface area (Å²) in [5, 5.41) is 0.471. The van der Waals surface area contributed by atoms with Gasteiger partial charge in [-0.3, -0.25) is 4.79 Å². The summed E-state index contributed by atoms with van der Waals surface area (Å²) in [6.45, 7) is 3.69. The van der Waals surface area contributed by atoms with Gasteiger partial charge in [-0.05, 0) is 42.8 Å². The predicted molar refractivity (Wildman–Crippen MR) is 78.5 cm³/mol. The zero-order valence-corrected chi connectivity index (χ0v) is 12.2. The molecule has 0 saturated heterocycles. The molecular weight excluding hydrogens is 277 g/mol. The fraction of sp³-hybridized carbons (Fsp3) is 0.286. The summed E-state index contributed by atoms with van der Waals surface area (Å²) >= 11 is 1.23. The lowest BCUT2D eigenvalue weighted by molar-refractivity contribution is 0.618. The molecule has 0 atom stereocenters. The number of H-pyrrole nitrogens is 1. The highest BCUT2D eigenvalue weighted by Gasteiger charge is 2.09. The zero-order valence-electron chi connectivity index (χ0n) is 11.4. The Labute approximate surface area is 120 Å². The molecule has 0 spiro atoms. The number of benzene rings is 1. The highest BCUT2D eigenvalue weighted by Crippen LogP contribution is 2.31. The number of rotatable bonds is 4. The molecule has 2 aromatic rings. The maximum atomic E-state index is 13.4. The zero-order chi connectivity index (χ0) is 14.7. The smallest absolute Gasteiger partial charge is 0.251 e. The van der Waals surface area contributed by atoms with E-state index in [4.69, 9.17) is 5.73 Å². The van der Waals surface area contributed by atoms with E-state index in [0.29, 0.717) is 21.3 Å². The molecule has 0 amide bonds. The number of aryl methyl sites for hydroxylation is 2. The molecule has 0 aliphatic carbocycles. The standard InChI is InChI=1S/C14H16FN3OS/c1-3-4-9-6-13(19)18-14(17-9)20-12-5-8(2)10(15)7-11(12)16/h5-7H,3-4,16H2,1-2H3,(H,17,18,19). The van der Waals surface area contributed by atoms with Gasteiger partial charge in [0, 0.05) is 22.3 Å². The molecule has 0 aliphatic rings. The first-order valence-corrected chi connectivity index (χ1v) is 7.15. The molecular formula is C14H16FN3OS. The summed E-state index contributed by atoms with van der Waals surface area (Å²) < 4.78 is 13.4. The van der Waals surface area contributed by atoms with Crippen LogP contribution in [0.5, 0.6) is 0 Å². The third-order valence-electron chi connectivity index (χ3n) is 2.78. The van der Waals surface area contributed by atoms with E-state index in [-0.39, 0.29) is 11.4 Å². The van der Waals surface area contributed by atoms with Gasteiger partial charge in [-0.25, -0.2) is 9.37 Å². The van der Waals surface area contributed by atoms with Crippen molar-refractivity contribution in [3.8, 4) is 0 Å². The Morgan fingerprint density at radius 3 is 2.85 bits per heavy atom. The molecule has 0 radical (unpaired) electrons. The number of aromatic amines is 1. The van der Waals surface area contributed by atoms with Crippen LogP contribution in [0.3, 0.4) is 0 Å². The summed E-state index contributed by atoms with van der Waals surface area (Å²) in [6.07, 6.45) is 1.66. The van der Waals surface area contributed by atoms with Crippen molar-refractivity contribution in [2.75, 3.05) is 5.73 Å². The molecule has 1 aromatic heterocycles. The Balaban J connectivity index is 2.34. The van der Waals surface area contributed by atoms with E-state index >= 15 is 0 Å². The first-order valence-electron chi connectivity index (χ1n) is 6.33. The highest BCUT2D eigenvalue weighted by molar-refractivity contribution is 7.99. The third-order valence-corrected chi connectivity index (χ3v) is 3.74. The molecule has 6 heteroatoms. The molecule has 0 aliphatic heterocycles. The number of anilines is 1. The van der Waals surface area contributed by atoms with Crippen LogP contribution >= 0.6 is 11.8 Å². The summed E-state index contributed by atoms with van der Waals surface area (Å²) in [5.41, 5.74) is 7.19. The number of nitrogens with one attached hydrogen (secondary N) is 1. The lowest BCUT2D eigenvalue weighted by Crippen LogP contribution is -2.10. The maximum Gasteiger partial charge on any atom is 0.251 e. The molecule has 2 rings (SSSR count). The Hall–Kier alpha value is -1.82. The Morgan fingerprint density at radius 1 is 1.40 bits per heavy atom. The number of hydrogen-bond donors (Lipinski definition) is 2. The number of nitrogens with two attached hydrogens (primary N) is 1. The van der Waals surface area contributed by atoms with E-state index < -0.39 is 0 Å². The summed E-state index contributed by atoms with van der Waals surface area (Å²) in [4.78, 5) is 19.3. The van der Waals surface area contributed by atoms with Crippen LogP contribution < -0.4 is 11.3 Å². The van der Waals surface area contributed by atoms with Gasteiger partial charge in [0.15, 0.2) is 5.16 Å². The average Bonchev–Trinajstić information content (AvgIpc) is 2.35. The minimum Gasteiger partial charge on any atom is -0.398 e. The van der Waals surface area contributed by atoms with Gasteiger partial charge >= 0.3 is 0 Å². The second kappa shape index (κ2) is 6.09. The van der Waals surface area contributed by atoms with Crippen molar-refractivity contribution >= 4 is 17.4 Å². The van der Waals surface area contributed by atoms with Crippen LogP contribution in [0.1, 0.15) is 24.6 Å². The van der Waals surface area contributed by atoms with Gasteiger partial charge in [-0.15, -0.1) is 0 Å². The topological polar surface area (TPSA) is 71.8 Å². The molecule has 4 nitrogen and oxygen atoms in total. The van der Waals surface area contributed by atoms with Crippen LogP contribution in [0.2, 0.25) is 0 Å². The number of aromatic nitrogens is 2. The average molecular weight is 293 g/mol. The second-order valence-electron chi connectivity index (χ2n) is 4.53. The Bertz CT molecular complexity index is 685. The molecule has 0 saturated carbocycles. The van der Waals surface area contributed by atoms with Crippen LogP contribution in [0.25, 0.3) is 0 Å². The summed E-state index contributed by atoms with van der Waals surface area (Å²) in [7, 11) is 0. The molecule has 0 fully saturated rings. The summed E-state index contributed by atoms with van der Waals surface area (Å²) in [5.74, 6) is -0.340. The van der Waals surface area contributed by atoms with Crippen molar-refractivity contribution in [2.45, 2.75) is 36.7 Å². The van der Waals surface area contributed by atoms with Crippen molar-refractivity contribution in [3.05, 3.63) is 45.6 Å². The fourth-order valence-corrected chi connectivity index (χ4v) is 2.71. The molecule has 106 valence electrons. The minimum atomic E-state index is -0.340. The molecule has 0 bridgehead atoms.